The van der Waals surface area contributed by atoms with E-state index in [0.29, 0.717) is 0 Å². The number of rotatable bonds is 2. The summed E-state index contributed by atoms with van der Waals surface area (Å²) in [6, 6.07) is 6.18. The van der Waals surface area contributed by atoms with E-state index in [-0.39, 0.29) is 0 Å². The number of aliphatic hydroxyl groups is 1. The third kappa shape index (κ3) is 2.31. The summed E-state index contributed by atoms with van der Waals surface area (Å²) in [4.78, 5) is 10.2. The molecule has 1 aliphatic heterocycles. The van der Waals surface area contributed by atoms with Gasteiger partial charge in [0.15, 0.2) is 0 Å². The Balaban J connectivity index is 1.94. The zero-order valence-electron chi connectivity index (χ0n) is 11.0. The van der Waals surface area contributed by atoms with Gasteiger partial charge in [0.05, 0.1) is 0 Å². The van der Waals surface area contributed by atoms with Crippen molar-refractivity contribution < 1.29 is 5.11 Å². The molecule has 4 heteroatoms. The van der Waals surface area contributed by atoms with Crippen molar-refractivity contribution in [2.45, 2.75) is 18.9 Å². The lowest BCUT2D eigenvalue weighted by atomic mass is 9.96. The highest BCUT2D eigenvalue weighted by atomic mass is 16.3. The number of hydrogen-bond donors (Lipinski definition) is 1. The van der Waals surface area contributed by atoms with E-state index in [0.717, 1.165) is 30.5 Å². The molecule has 0 bridgehead atoms. The molecule has 1 atom stereocenters. The quantitative estimate of drug-likeness (QED) is 0.891. The Hall–Kier alpha value is -1.94. The molecular formula is C15H17N3O. The van der Waals surface area contributed by atoms with Gasteiger partial charge < -0.3 is 10.0 Å². The molecule has 3 rings (SSSR count). The van der Waals surface area contributed by atoms with Crippen LogP contribution >= 0.6 is 0 Å². The van der Waals surface area contributed by atoms with E-state index in [9.17, 15) is 5.11 Å². The van der Waals surface area contributed by atoms with Crippen LogP contribution in [-0.4, -0.2) is 28.7 Å². The van der Waals surface area contributed by atoms with Crippen molar-refractivity contribution in [3.05, 3.63) is 53.6 Å². The van der Waals surface area contributed by atoms with Gasteiger partial charge in [0.2, 0.25) is 0 Å². The fraction of sp³-hybridized carbons (Fsp3) is 0.333. The van der Waals surface area contributed by atoms with Crippen molar-refractivity contribution in [2.75, 3.05) is 18.5 Å². The first kappa shape index (κ1) is 12.1. The van der Waals surface area contributed by atoms with Crippen molar-refractivity contribution in [1.29, 1.82) is 0 Å². The zero-order valence-corrected chi connectivity index (χ0v) is 11.0. The highest BCUT2D eigenvalue weighted by Gasteiger charge is 2.17. The van der Waals surface area contributed by atoms with Crippen LogP contribution in [0.1, 0.15) is 29.2 Å². The first-order valence-electron chi connectivity index (χ1n) is 6.52. The standard InChI is InChI=1S/C15H17N3O/c1-18-6-2-3-11-7-12(4-5-14(11)18)15(19)13-8-16-10-17-9-13/h4-5,7-10,15,19H,2-3,6H2,1H3. The lowest BCUT2D eigenvalue weighted by Gasteiger charge is -2.28. The van der Waals surface area contributed by atoms with Gasteiger partial charge in [-0.25, -0.2) is 9.97 Å². The predicted octanol–water partition coefficient (Wildman–Crippen LogP) is 1.94. The van der Waals surface area contributed by atoms with Gasteiger partial charge in [-0.15, -0.1) is 0 Å². The second kappa shape index (κ2) is 4.97. The summed E-state index contributed by atoms with van der Waals surface area (Å²) in [6.45, 7) is 1.10. The number of aryl methyl sites for hydroxylation is 1. The third-order valence-corrected chi connectivity index (χ3v) is 3.67. The second-order valence-electron chi connectivity index (χ2n) is 4.99. The molecule has 0 radical (unpaired) electrons. The number of anilines is 1. The van der Waals surface area contributed by atoms with Crippen molar-refractivity contribution in [3.63, 3.8) is 0 Å². The molecule has 1 unspecified atom stereocenters. The number of benzene rings is 1. The molecule has 0 amide bonds. The van der Waals surface area contributed by atoms with Gasteiger partial charge in [0.1, 0.15) is 12.4 Å². The maximum atomic E-state index is 10.4. The Labute approximate surface area is 112 Å². The zero-order chi connectivity index (χ0) is 13.2. The Morgan fingerprint density at radius 1 is 1.21 bits per heavy atom. The second-order valence-corrected chi connectivity index (χ2v) is 4.99. The smallest absolute Gasteiger partial charge is 0.115 e. The predicted molar refractivity (Wildman–Crippen MR) is 74.1 cm³/mol. The molecule has 0 saturated carbocycles. The molecule has 98 valence electrons. The number of aromatic nitrogens is 2. The lowest BCUT2D eigenvalue weighted by Crippen LogP contribution is -2.24. The molecule has 2 aromatic rings. The van der Waals surface area contributed by atoms with Crippen LogP contribution < -0.4 is 4.90 Å². The molecule has 1 aromatic carbocycles. The highest BCUT2D eigenvalue weighted by Crippen LogP contribution is 2.30. The van der Waals surface area contributed by atoms with Crippen molar-refractivity contribution in [2.24, 2.45) is 0 Å². The number of nitrogens with zero attached hydrogens (tertiary/aromatic N) is 3. The number of hydrogen-bond acceptors (Lipinski definition) is 4. The summed E-state index contributed by atoms with van der Waals surface area (Å²) < 4.78 is 0. The Kier molecular flexibility index (Phi) is 3.17. The maximum Gasteiger partial charge on any atom is 0.115 e. The summed E-state index contributed by atoms with van der Waals surface area (Å²) in [5.74, 6) is 0. The van der Waals surface area contributed by atoms with E-state index in [2.05, 4.69) is 34.0 Å². The molecule has 1 aromatic heterocycles. The SMILES string of the molecule is CN1CCCc2cc(C(O)c3cncnc3)ccc21. The summed E-state index contributed by atoms with van der Waals surface area (Å²) in [5.41, 5.74) is 4.21. The van der Waals surface area contributed by atoms with Gasteiger partial charge in [-0.05, 0) is 30.0 Å². The molecule has 0 aliphatic carbocycles. The van der Waals surface area contributed by atoms with Crippen LogP contribution in [0.4, 0.5) is 5.69 Å². The monoisotopic (exact) mass is 255 g/mol. The molecule has 4 nitrogen and oxygen atoms in total. The lowest BCUT2D eigenvalue weighted by molar-refractivity contribution is 0.219. The average molecular weight is 255 g/mol. The van der Waals surface area contributed by atoms with Crippen LogP contribution in [0.15, 0.2) is 36.9 Å². The van der Waals surface area contributed by atoms with Crippen molar-refractivity contribution in [1.82, 2.24) is 9.97 Å². The number of fused-ring (bicyclic) bond motifs is 1. The van der Waals surface area contributed by atoms with Gasteiger partial charge in [-0.1, -0.05) is 12.1 Å². The van der Waals surface area contributed by atoms with E-state index >= 15 is 0 Å². The van der Waals surface area contributed by atoms with Gasteiger partial charge in [-0.2, -0.15) is 0 Å². The molecule has 0 fully saturated rings. The fourth-order valence-corrected chi connectivity index (χ4v) is 2.62. The minimum absolute atomic E-state index is 0.654. The summed E-state index contributed by atoms with van der Waals surface area (Å²) in [7, 11) is 2.11. The Morgan fingerprint density at radius 3 is 2.79 bits per heavy atom. The van der Waals surface area contributed by atoms with Crippen molar-refractivity contribution >= 4 is 5.69 Å². The summed E-state index contributed by atoms with van der Waals surface area (Å²) in [5, 5.41) is 10.4. The van der Waals surface area contributed by atoms with Crippen molar-refractivity contribution in [3.8, 4) is 0 Å². The van der Waals surface area contributed by atoms with E-state index in [4.69, 9.17) is 0 Å². The van der Waals surface area contributed by atoms with Crippen LogP contribution in [0.5, 0.6) is 0 Å². The van der Waals surface area contributed by atoms with E-state index in [1.165, 1.54) is 17.6 Å². The van der Waals surface area contributed by atoms with E-state index in [1.54, 1.807) is 12.4 Å². The van der Waals surface area contributed by atoms with Gasteiger partial charge in [-0.3, -0.25) is 0 Å². The van der Waals surface area contributed by atoms with Gasteiger partial charge in [0.25, 0.3) is 0 Å². The van der Waals surface area contributed by atoms with Crippen LogP contribution in [0.25, 0.3) is 0 Å². The summed E-state index contributed by atoms with van der Waals surface area (Å²) in [6.07, 6.45) is 6.37. The first-order valence-corrected chi connectivity index (χ1v) is 6.52. The minimum atomic E-state index is -0.654. The fourth-order valence-electron chi connectivity index (χ4n) is 2.62. The maximum absolute atomic E-state index is 10.4. The Morgan fingerprint density at radius 2 is 2.00 bits per heavy atom. The summed E-state index contributed by atoms with van der Waals surface area (Å²) >= 11 is 0. The third-order valence-electron chi connectivity index (χ3n) is 3.67. The molecule has 0 saturated heterocycles. The largest absolute Gasteiger partial charge is 0.384 e. The normalized spacial score (nSPS) is 16.0. The van der Waals surface area contributed by atoms with Crippen LogP contribution in [-0.2, 0) is 6.42 Å². The molecule has 19 heavy (non-hydrogen) atoms. The average Bonchev–Trinajstić information content (AvgIpc) is 2.47. The van der Waals surface area contributed by atoms with Crippen LogP contribution in [0, 0.1) is 0 Å². The van der Waals surface area contributed by atoms with Gasteiger partial charge in [0, 0.05) is 37.2 Å². The molecule has 1 N–H and O–H groups in total. The van der Waals surface area contributed by atoms with Crippen LogP contribution in [0.2, 0.25) is 0 Å². The number of aliphatic hydroxyl groups excluding tert-OH is 1. The topological polar surface area (TPSA) is 49.2 Å². The molecular weight excluding hydrogens is 238 g/mol. The van der Waals surface area contributed by atoms with E-state index < -0.39 is 6.10 Å². The molecule has 0 spiro atoms. The van der Waals surface area contributed by atoms with Gasteiger partial charge >= 0.3 is 0 Å². The van der Waals surface area contributed by atoms with Crippen LogP contribution in [0.3, 0.4) is 0 Å². The van der Waals surface area contributed by atoms with E-state index in [1.807, 2.05) is 6.07 Å². The minimum Gasteiger partial charge on any atom is -0.384 e. The highest BCUT2D eigenvalue weighted by molar-refractivity contribution is 5.56. The Bertz CT molecular complexity index is 571. The first-order chi connectivity index (χ1) is 9.25. The molecule has 2 heterocycles. The molecule has 1 aliphatic rings.